The van der Waals surface area contributed by atoms with Crippen LogP contribution in [0.5, 0.6) is 5.75 Å². The molecular formula is C15H13NO4. The van der Waals surface area contributed by atoms with Gasteiger partial charge in [0.15, 0.2) is 11.8 Å². The number of hydrogen-bond donors (Lipinski definition) is 1. The van der Waals surface area contributed by atoms with Gasteiger partial charge in [0.2, 0.25) is 0 Å². The van der Waals surface area contributed by atoms with Crippen LogP contribution in [0.3, 0.4) is 0 Å². The van der Waals surface area contributed by atoms with Crippen LogP contribution in [0.25, 0.3) is 10.8 Å². The second-order valence-electron chi connectivity index (χ2n) is 4.59. The molecule has 0 saturated carbocycles. The van der Waals surface area contributed by atoms with Crippen molar-refractivity contribution in [1.29, 1.82) is 0 Å². The molecular weight excluding hydrogens is 258 g/mol. The molecule has 0 amide bonds. The van der Waals surface area contributed by atoms with Gasteiger partial charge in [-0.15, -0.1) is 0 Å². The van der Waals surface area contributed by atoms with Crippen LogP contribution < -0.4 is 4.74 Å². The second-order valence-corrected chi connectivity index (χ2v) is 4.59. The first-order valence-electron chi connectivity index (χ1n) is 6.30. The lowest BCUT2D eigenvalue weighted by Gasteiger charge is -2.10. The minimum Gasteiger partial charge on any atom is -0.490 e. The van der Waals surface area contributed by atoms with Crippen molar-refractivity contribution in [3.8, 4) is 5.75 Å². The first-order chi connectivity index (χ1) is 9.72. The summed E-state index contributed by atoms with van der Waals surface area (Å²) in [5.41, 5.74) is 0.0390. The SMILES string of the molecule is O=C(O)C1=NOC(COc2ccc3ccccc3c2)C1. The Kier molecular flexibility index (Phi) is 3.25. The van der Waals surface area contributed by atoms with Crippen molar-refractivity contribution in [2.24, 2.45) is 5.16 Å². The van der Waals surface area contributed by atoms with Gasteiger partial charge < -0.3 is 14.7 Å². The molecule has 3 rings (SSSR count). The van der Waals surface area contributed by atoms with Crippen LogP contribution in [0, 0.1) is 0 Å². The predicted octanol–water partition coefficient (Wildman–Crippen LogP) is 2.45. The minimum absolute atomic E-state index is 0.0390. The summed E-state index contributed by atoms with van der Waals surface area (Å²) in [4.78, 5) is 15.7. The van der Waals surface area contributed by atoms with Gasteiger partial charge in [-0.3, -0.25) is 0 Å². The maximum absolute atomic E-state index is 10.7. The van der Waals surface area contributed by atoms with Gasteiger partial charge in [-0.25, -0.2) is 4.79 Å². The van der Waals surface area contributed by atoms with E-state index in [2.05, 4.69) is 5.16 Å². The third-order valence-corrected chi connectivity index (χ3v) is 3.14. The molecule has 2 aromatic rings. The molecule has 1 aliphatic heterocycles. The second kappa shape index (κ2) is 5.21. The Morgan fingerprint density at radius 3 is 2.85 bits per heavy atom. The molecule has 0 bridgehead atoms. The molecule has 1 N–H and O–H groups in total. The Morgan fingerprint density at radius 1 is 1.30 bits per heavy atom. The number of hydrogen-bond acceptors (Lipinski definition) is 4. The number of carboxylic acid groups (broad SMARTS) is 1. The summed E-state index contributed by atoms with van der Waals surface area (Å²) in [6.07, 6.45) is -0.0734. The first kappa shape index (κ1) is 12.5. The molecule has 0 aromatic heterocycles. The van der Waals surface area contributed by atoms with Crippen molar-refractivity contribution in [2.75, 3.05) is 6.61 Å². The maximum atomic E-state index is 10.7. The zero-order chi connectivity index (χ0) is 13.9. The third kappa shape index (κ3) is 2.56. The van der Waals surface area contributed by atoms with E-state index in [4.69, 9.17) is 14.7 Å². The highest BCUT2D eigenvalue weighted by Gasteiger charge is 2.26. The van der Waals surface area contributed by atoms with Crippen LogP contribution in [-0.2, 0) is 9.63 Å². The van der Waals surface area contributed by atoms with Crippen LogP contribution in [0.2, 0.25) is 0 Å². The number of aliphatic carboxylic acids is 1. The first-order valence-corrected chi connectivity index (χ1v) is 6.30. The monoisotopic (exact) mass is 271 g/mol. The Labute approximate surface area is 115 Å². The Hall–Kier alpha value is -2.56. The lowest BCUT2D eigenvalue weighted by atomic mass is 10.1. The number of ether oxygens (including phenoxy) is 1. The average molecular weight is 271 g/mol. The van der Waals surface area contributed by atoms with Crippen LogP contribution in [-0.4, -0.2) is 29.5 Å². The molecule has 0 spiro atoms. The smallest absolute Gasteiger partial charge is 0.353 e. The minimum atomic E-state index is -1.04. The summed E-state index contributed by atoms with van der Waals surface area (Å²) >= 11 is 0. The van der Waals surface area contributed by atoms with E-state index in [1.54, 1.807) is 0 Å². The molecule has 1 unspecified atom stereocenters. The molecule has 5 heteroatoms. The van der Waals surface area contributed by atoms with E-state index in [1.165, 1.54) is 0 Å². The fourth-order valence-corrected chi connectivity index (χ4v) is 2.09. The quantitative estimate of drug-likeness (QED) is 0.927. The number of oxime groups is 1. The molecule has 0 radical (unpaired) electrons. The summed E-state index contributed by atoms with van der Waals surface area (Å²) in [6, 6.07) is 13.8. The number of rotatable bonds is 4. The van der Waals surface area contributed by atoms with Crippen molar-refractivity contribution in [1.82, 2.24) is 0 Å². The molecule has 5 nitrogen and oxygen atoms in total. The molecule has 1 atom stereocenters. The normalized spacial score (nSPS) is 17.6. The molecule has 0 saturated heterocycles. The van der Waals surface area contributed by atoms with Gasteiger partial charge in [-0.2, -0.15) is 0 Å². The van der Waals surface area contributed by atoms with E-state index >= 15 is 0 Å². The Bertz CT molecular complexity index is 680. The summed E-state index contributed by atoms with van der Waals surface area (Å²) in [5, 5.41) is 14.5. The van der Waals surface area contributed by atoms with Crippen molar-refractivity contribution in [2.45, 2.75) is 12.5 Å². The lowest BCUT2D eigenvalue weighted by Crippen LogP contribution is -2.20. The van der Waals surface area contributed by atoms with Gasteiger partial charge in [-0.1, -0.05) is 35.5 Å². The molecule has 102 valence electrons. The van der Waals surface area contributed by atoms with Gasteiger partial charge in [0, 0.05) is 6.42 Å². The third-order valence-electron chi connectivity index (χ3n) is 3.14. The number of fused-ring (bicyclic) bond motifs is 1. The summed E-state index contributed by atoms with van der Waals surface area (Å²) in [5.74, 6) is -0.311. The molecule has 0 fully saturated rings. The highest BCUT2D eigenvalue weighted by molar-refractivity contribution is 6.35. The fourth-order valence-electron chi connectivity index (χ4n) is 2.09. The van der Waals surface area contributed by atoms with E-state index in [1.807, 2.05) is 42.5 Å². The van der Waals surface area contributed by atoms with E-state index in [0.717, 1.165) is 16.5 Å². The van der Waals surface area contributed by atoms with Crippen molar-refractivity contribution < 1.29 is 19.5 Å². The lowest BCUT2D eigenvalue weighted by molar-refractivity contribution is -0.129. The summed E-state index contributed by atoms with van der Waals surface area (Å²) in [6.45, 7) is 0.276. The van der Waals surface area contributed by atoms with E-state index in [-0.39, 0.29) is 24.8 Å². The van der Waals surface area contributed by atoms with Crippen molar-refractivity contribution in [3.63, 3.8) is 0 Å². The van der Waals surface area contributed by atoms with E-state index in [9.17, 15) is 4.79 Å². The summed E-state index contributed by atoms with van der Waals surface area (Å²) < 4.78 is 5.63. The van der Waals surface area contributed by atoms with Crippen LogP contribution in [0.15, 0.2) is 47.6 Å². The number of nitrogens with zero attached hydrogens (tertiary/aromatic N) is 1. The average Bonchev–Trinajstić information content (AvgIpc) is 2.94. The standard InChI is InChI=1S/C15H13NO4/c17-15(18)14-8-13(20-16-14)9-19-12-6-5-10-3-1-2-4-11(10)7-12/h1-7,13H,8-9H2,(H,17,18). The van der Waals surface area contributed by atoms with Gasteiger partial charge in [-0.05, 0) is 22.9 Å². The zero-order valence-corrected chi connectivity index (χ0v) is 10.7. The molecule has 20 heavy (non-hydrogen) atoms. The maximum Gasteiger partial charge on any atom is 0.353 e. The highest BCUT2D eigenvalue weighted by atomic mass is 16.7. The van der Waals surface area contributed by atoms with Crippen molar-refractivity contribution in [3.05, 3.63) is 42.5 Å². The van der Waals surface area contributed by atoms with E-state index < -0.39 is 5.97 Å². The zero-order valence-electron chi connectivity index (χ0n) is 10.7. The number of benzene rings is 2. The number of carbonyl (C=O) groups is 1. The predicted molar refractivity (Wildman–Crippen MR) is 74.0 cm³/mol. The van der Waals surface area contributed by atoms with Crippen LogP contribution in [0.1, 0.15) is 6.42 Å². The van der Waals surface area contributed by atoms with Crippen molar-refractivity contribution >= 4 is 22.5 Å². The summed E-state index contributed by atoms with van der Waals surface area (Å²) in [7, 11) is 0. The van der Waals surface area contributed by atoms with E-state index in [0.29, 0.717) is 0 Å². The number of carboxylic acids is 1. The fraction of sp³-hybridized carbons (Fsp3) is 0.200. The molecule has 1 aliphatic rings. The van der Waals surface area contributed by atoms with Crippen LogP contribution in [0.4, 0.5) is 0 Å². The van der Waals surface area contributed by atoms with Gasteiger partial charge >= 0.3 is 5.97 Å². The van der Waals surface area contributed by atoms with Gasteiger partial charge in [0.25, 0.3) is 0 Å². The molecule has 1 heterocycles. The molecule has 0 aliphatic carbocycles. The van der Waals surface area contributed by atoms with Crippen LogP contribution >= 0.6 is 0 Å². The highest BCUT2D eigenvalue weighted by Crippen LogP contribution is 2.21. The van der Waals surface area contributed by atoms with Gasteiger partial charge in [0.05, 0.1) is 0 Å². The molecule has 2 aromatic carbocycles. The largest absolute Gasteiger partial charge is 0.490 e. The van der Waals surface area contributed by atoms with Gasteiger partial charge in [0.1, 0.15) is 12.4 Å². The Balaban J connectivity index is 1.62. The topological polar surface area (TPSA) is 68.1 Å². The Morgan fingerprint density at radius 2 is 2.10 bits per heavy atom.